The summed E-state index contributed by atoms with van der Waals surface area (Å²) in [5.41, 5.74) is 4.26. The molecule has 5 nitrogen and oxygen atoms in total. The minimum Gasteiger partial charge on any atom is -0.483 e. The molecular formula is C32H39BrN2O3. The summed E-state index contributed by atoms with van der Waals surface area (Å²) in [6, 6.07) is 23.1. The number of hydrogen-bond donors (Lipinski definition) is 1. The first-order valence-corrected chi connectivity index (χ1v) is 14.2. The van der Waals surface area contributed by atoms with E-state index in [-0.39, 0.29) is 18.4 Å². The van der Waals surface area contributed by atoms with E-state index in [9.17, 15) is 9.59 Å². The monoisotopic (exact) mass is 578 g/mol. The molecule has 0 radical (unpaired) electrons. The number of carbonyl (C=O) groups excluding carboxylic acids is 2. The van der Waals surface area contributed by atoms with Crippen molar-refractivity contribution in [3.63, 3.8) is 0 Å². The normalized spacial score (nSPS) is 11.7. The molecule has 202 valence electrons. The molecule has 1 atom stereocenters. The Hall–Kier alpha value is -3.12. The molecule has 0 aliphatic heterocycles. The van der Waals surface area contributed by atoms with Gasteiger partial charge in [0, 0.05) is 19.5 Å². The molecule has 0 heterocycles. The van der Waals surface area contributed by atoms with Gasteiger partial charge in [-0.15, -0.1) is 0 Å². The summed E-state index contributed by atoms with van der Waals surface area (Å²) in [5.74, 6) is 0.603. The van der Waals surface area contributed by atoms with E-state index < -0.39 is 6.04 Å². The van der Waals surface area contributed by atoms with Gasteiger partial charge in [0.2, 0.25) is 5.91 Å². The van der Waals surface area contributed by atoms with E-state index in [0.29, 0.717) is 31.2 Å². The molecule has 0 spiro atoms. The second-order valence-corrected chi connectivity index (χ2v) is 10.8. The van der Waals surface area contributed by atoms with Crippen LogP contribution in [-0.2, 0) is 22.6 Å². The molecule has 0 bridgehead atoms. The molecule has 2 amide bonds. The zero-order valence-electron chi connectivity index (χ0n) is 22.9. The van der Waals surface area contributed by atoms with Crippen molar-refractivity contribution >= 4 is 27.7 Å². The maximum atomic E-state index is 13.8. The van der Waals surface area contributed by atoms with Gasteiger partial charge in [0.05, 0.1) is 4.47 Å². The SMILES string of the molecule is CCCCNC(=O)[C@H](Cc1ccccc1)N(Cc1cccc(C)c1)C(=O)COc1ccc(C(C)C)cc1Br. The zero-order chi connectivity index (χ0) is 27.5. The van der Waals surface area contributed by atoms with Crippen molar-refractivity contribution in [2.24, 2.45) is 0 Å². The predicted octanol–water partition coefficient (Wildman–Crippen LogP) is 6.82. The van der Waals surface area contributed by atoms with Crippen molar-refractivity contribution in [2.45, 2.75) is 65.5 Å². The third-order valence-electron chi connectivity index (χ3n) is 6.51. The van der Waals surface area contributed by atoms with Crippen molar-refractivity contribution < 1.29 is 14.3 Å². The first-order chi connectivity index (χ1) is 18.3. The van der Waals surface area contributed by atoms with E-state index in [1.807, 2.05) is 73.7 Å². The lowest BCUT2D eigenvalue weighted by Crippen LogP contribution is -2.51. The van der Waals surface area contributed by atoms with E-state index in [4.69, 9.17) is 4.74 Å². The molecule has 0 aromatic heterocycles. The van der Waals surface area contributed by atoms with Crippen LogP contribution >= 0.6 is 15.9 Å². The van der Waals surface area contributed by atoms with E-state index in [1.54, 1.807) is 4.90 Å². The van der Waals surface area contributed by atoms with Crippen LogP contribution in [0, 0.1) is 6.92 Å². The van der Waals surface area contributed by atoms with E-state index in [0.717, 1.165) is 34.0 Å². The van der Waals surface area contributed by atoms with Gasteiger partial charge in [0.15, 0.2) is 6.61 Å². The van der Waals surface area contributed by atoms with Gasteiger partial charge in [-0.3, -0.25) is 9.59 Å². The molecule has 3 rings (SSSR count). The number of halogens is 1. The molecule has 3 aromatic rings. The highest BCUT2D eigenvalue weighted by Crippen LogP contribution is 2.29. The number of nitrogens with zero attached hydrogens (tertiary/aromatic N) is 1. The summed E-state index contributed by atoms with van der Waals surface area (Å²) < 4.78 is 6.79. The van der Waals surface area contributed by atoms with Gasteiger partial charge in [-0.2, -0.15) is 0 Å². The quantitative estimate of drug-likeness (QED) is 0.226. The lowest BCUT2D eigenvalue weighted by atomic mass is 10.0. The smallest absolute Gasteiger partial charge is 0.261 e. The van der Waals surface area contributed by atoms with Gasteiger partial charge in [-0.05, 0) is 64.0 Å². The Bertz CT molecular complexity index is 1200. The van der Waals surface area contributed by atoms with Gasteiger partial charge in [-0.25, -0.2) is 0 Å². The minimum atomic E-state index is -0.669. The van der Waals surface area contributed by atoms with Crippen molar-refractivity contribution in [2.75, 3.05) is 13.2 Å². The van der Waals surface area contributed by atoms with E-state index >= 15 is 0 Å². The highest BCUT2D eigenvalue weighted by atomic mass is 79.9. The third-order valence-corrected chi connectivity index (χ3v) is 7.13. The Labute approximate surface area is 235 Å². The van der Waals surface area contributed by atoms with Crippen molar-refractivity contribution in [1.82, 2.24) is 10.2 Å². The second kappa shape index (κ2) is 14.7. The first kappa shape index (κ1) is 29.4. The number of carbonyl (C=O) groups is 2. The zero-order valence-corrected chi connectivity index (χ0v) is 24.5. The number of hydrogen-bond acceptors (Lipinski definition) is 3. The average molecular weight is 580 g/mol. The summed E-state index contributed by atoms with van der Waals surface area (Å²) in [7, 11) is 0. The standard InChI is InChI=1S/C32H39BrN2O3/c1-5-6-17-34-32(37)29(19-25-12-8-7-9-13-25)35(21-26-14-10-11-24(4)18-26)31(36)22-38-30-16-15-27(23(2)3)20-28(30)33/h7-16,18,20,23,29H,5-6,17,19,21-22H2,1-4H3,(H,34,37)/t29-/m0/s1. The van der Waals surface area contributed by atoms with E-state index in [2.05, 4.69) is 48.1 Å². The average Bonchev–Trinajstić information content (AvgIpc) is 2.90. The maximum Gasteiger partial charge on any atom is 0.261 e. The number of aryl methyl sites for hydroxylation is 1. The number of ether oxygens (including phenoxy) is 1. The van der Waals surface area contributed by atoms with Gasteiger partial charge >= 0.3 is 0 Å². The lowest BCUT2D eigenvalue weighted by molar-refractivity contribution is -0.142. The molecule has 3 aromatic carbocycles. The van der Waals surface area contributed by atoms with E-state index in [1.165, 1.54) is 5.56 Å². The maximum absolute atomic E-state index is 13.8. The number of rotatable bonds is 13. The first-order valence-electron chi connectivity index (χ1n) is 13.4. The molecule has 0 aliphatic rings. The van der Waals surface area contributed by atoms with Crippen molar-refractivity contribution in [3.05, 3.63) is 99.5 Å². The topological polar surface area (TPSA) is 58.6 Å². The molecule has 6 heteroatoms. The lowest BCUT2D eigenvalue weighted by Gasteiger charge is -2.31. The summed E-state index contributed by atoms with van der Waals surface area (Å²) in [6.45, 7) is 9.11. The summed E-state index contributed by atoms with van der Waals surface area (Å²) in [5, 5.41) is 3.05. The molecular weight excluding hydrogens is 540 g/mol. The molecule has 1 N–H and O–H groups in total. The summed E-state index contributed by atoms with van der Waals surface area (Å²) >= 11 is 3.58. The summed E-state index contributed by atoms with van der Waals surface area (Å²) in [4.78, 5) is 28.9. The Morgan fingerprint density at radius 1 is 0.974 bits per heavy atom. The number of nitrogens with one attached hydrogen (secondary N) is 1. The summed E-state index contributed by atoms with van der Waals surface area (Å²) in [6.07, 6.45) is 2.29. The fourth-order valence-corrected chi connectivity index (χ4v) is 4.79. The fourth-order valence-electron chi connectivity index (χ4n) is 4.28. The van der Waals surface area contributed by atoms with Gasteiger partial charge in [0.1, 0.15) is 11.8 Å². The highest BCUT2D eigenvalue weighted by molar-refractivity contribution is 9.10. The molecule has 38 heavy (non-hydrogen) atoms. The van der Waals surface area contributed by atoms with Crippen LogP contribution in [0.1, 0.15) is 61.8 Å². The molecule has 0 fully saturated rings. The third kappa shape index (κ3) is 8.73. The molecule has 0 aliphatic carbocycles. The van der Waals surface area contributed by atoms with Crippen LogP contribution in [0.3, 0.4) is 0 Å². The van der Waals surface area contributed by atoms with Crippen molar-refractivity contribution in [3.8, 4) is 5.75 Å². The van der Waals surface area contributed by atoms with Gasteiger partial charge in [-0.1, -0.05) is 93.4 Å². The number of benzene rings is 3. The van der Waals surface area contributed by atoms with Crippen LogP contribution in [-0.4, -0.2) is 35.9 Å². The minimum absolute atomic E-state index is 0.147. The second-order valence-electron chi connectivity index (χ2n) is 9.99. The predicted molar refractivity (Wildman–Crippen MR) is 157 cm³/mol. The molecule has 0 unspecified atom stereocenters. The van der Waals surface area contributed by atoms with Crippen LogP contribution in [0.5, 0.6) is 5.75 Å². The van der Waals surface area contributed by atoms with Gasteiger partial charge < -0.3 is 15.0 Å². The van der Waals surface area contributed by atoms with Crippen molar-refractivity contribution in [1.29, 1.82) is 0 Å². The Kier molecular flexibility index (Phi) is 11.4. The Balaban J connectivity index is 1.89. The van der Waals surface area contributed by atoms with Crippen LogP contribution in [0.4, 0.5) is 0 Å². The number of amides is 2. The van der Waals surface area contributed by atoms with Crippen LogP contribution < -0.4 is 10.1 Å². The molecule has 0 saturated heterocycles. The Morgan fingerprint density at radius 3 is 2.37 bits per heavy atom. The van der Waals surface area contributed by atoms with Crippen LogP contribution in [0.25, 0.3) is 0 Å². The molecule has 0 saturated carbocycles. The fraction of sp³-hybridized carbons (Fsp3) is 0.375. The number of unbranched alkanes of at least 4 members (excludes halogenated alkanes) is 1. The van der Waals surface area contributed by atoms with Gasteiger partial charge in [0.25, 0.3) is 5.91 Å². The van der Waals surface area contributed by atoms with Crippen LogP contribution in [0.2, 0.25) is 0 Å². The van der Waals surface area contributed by atoms with Crippen LogP contribution in [0.15, 0.2) is 77.3 Å². The Morgan fingerprint density at radius 2 is 1.71 bits per heavy atom. The highest BCUT2D eigenvalue weighted by Gasteiger charge is 2.30. The largest absolute Gasteiger partial charge is 0.483 e.